The topological polar surface area (TPSA) is 75.0 Å². The van der Waals surface area contributed by atoms with Gasteiger partial charge >= 0.3 is 0 Å². The molecule has 0 saturated heterocycles. The van der Waals surface area contributed by atoms with Gasteiger partial charge in [-0.15, -0.1) is 0 Å². The fourth-order valence-electron chi connectivity index (χ4n) is 2.13. The number of rotatable bonds is 5. The maximum Gasteiger partial charge on any atom is 0.269 e. The van der Waals surface area contributed by atoms with Crippen molar-refractivity contribution in [2.75, 3.05) is 13.2 Å². The van der Waals surface area contributed by atoms with E-state index in [0.717, 1.165) is 12.8 Å². The van der Waals surface area contributed by atoms with E-state index < -0.39 is 0 Å². The number of nitrogens with zero attached hydrogens (tertiary/aromatic N) is 2. The van der Waals surface area contributed by atoms with Crippen LogP contribution in [0.5, 0.6) is 0 Å². The van der Waals surface area contributed by atoms with Crippen LogP contribution in [-0.4, -0.2) is 30.1 Å². The molecule has 0 unspecified atom stereocenters. The molecule has 1 heterocycles. The molecule has 5 nitrogen and oxygen atoms in total. The van der Waals surface area contributed by atoms with Crippen LogP contribution in [0.3, 0.4) is 0 Å². The Morgan fingerprint density at radius 3 is 2.89 bits per heavy atom. The highest BCUT2D eigenvalue weighted by atomic mass is 16.5. The highest BCUT2D eigenvalue weighted by molar-refractivity contribution is 5.92. The van der Waals surface area contributed by atoms with Gasteiger partial charge in [-0.2, -0.15) is 5.26 Å². The van der Waals surface area contributed by atoms with Gasteiger partial charge in [-0.25, -0.2) is 4.98 Å². The Bertz CT molecular complexity index is 459. The molecule has 1 aromatic rings. The lowest BCUT2D eigenvalue weighted by Crippen LogP contribution is -2.29. The summed E-state index contributed by atoms with van der Waals surface area (Å²) in [4.78, 5) is 15.7. The maximum absolute atomic E-state index is 11.7. The predicted molar refractivity (Wildman–Crippen MR) is 69.5 cm³/mol. The molecular formula is C14H17N3O2. The van der Waals surface area contributed by atoms with E-state index in [0.29, 0.717) is 30.5 Å². The third kappa shape index (κ3) is 4.04. The first-order chi connectivity index (χ1) is 9.29. The van der Waals surface area contributed by atoms with Crippen LogP contribution in [0, 0.1) is 11.3 Å². The first-order valence-electron chi connectivity index (χ1n) is 6.55. The first-order valence-corrected chi connectivity index (χ1v) is 6.55. The number of nitrogens with one attached hydrogen (secondary N) is 1. The van der Waals surface area contributed by atoms with Crippen molar-refractivity contribution < 1.29 is 9.53 Å². The van der Waals surface area contributed by atoms with Crippen molar-refractivity contribution in [2.45, 2.75) is 31.8 Å². The van der Waals surface area contributed by atoms with Crippen LogP contribution in [0.4, 0.5) is 0 Å². The first kappa shape index (κ1) is 13.5. The number of nitriles is 1. The molecule has 1 aromatic heterocycles. The summed E-state index contributed by atoms with van der Waals surface area (Å²) in [6, 6.07) is 5.09. The Morgan fingerprint density at radius 1 is 1.47 bits per heavy atom. The highest BCUT2D eigenvalue weighted by Crippen LogP contribution is 2.20. The summed E-state index contributed by atoms with van der Waals surface area (Å²) in [7, 11) is 0. The minimum atomic E-state index is -0.237. The number of carbonyl (C=O) groups is 1. The fraction of sp³-hybridized carbons (Fsp3) is 0.500. The third-order valence-electron chi connectivity index (χ3n) is 3.17. The number of pyridine rings is 1. The molecule has 1 aliphatic rings. The van der Waals surface area contributed by atoms with Gasteiger partial charge in [0.25, 0.3) is 5.91 Å². The van der Waals surface area contributed by atoms with Gasteiger partial charge in [0.1, 0.15) is 11.8 Å². The Labute approximate surface area is 112 Å². The van der Waals surface area contributed by atoms with Crippen molar-refractivity contribution in [3.63, 3.8) is 0 Å². The molecule has 0 aromatic carbocycles. The minimum absolute atomic E-state index is 0.237. The standard InChI is InChI=1S/C14H17N3O2/c15-9-11-5-6-13(17-10-11)14(18)16-7-8-19-12-3-1-2-4-12/h5-6,10,12H,1-4,7-8H2,(H,16,18). The highest BCUT2D eigenvalue weighted by Gasteiger charge is 2.15. The van der Waals surface area contributed by atoms with Crippen LogP contribution in [0.1, 0.15) is 41.7 Å². The van der Waals surface area contributed by atoms with Gasteiger partial charge in [-0.1, -0.05) is 12.8 Å². The van der Waals surface area contributed by atoms with Gasteiger partial charge in [-0.05, 0) is 25.0 Å². The average Bonchev–Trinajstić information content (AvgIpc) is 2.96. The Morgan fingerprint density at radius 2 is 2.26 bits per heavy atom. The van der Waals surface area contributed by atoms with Crippen molar-refractivity contribution in [3.05, 3.63) is 29.6 Å². The Balaban J connectivity index is 1.69. The van der Waals surface area contributed by atoms with Gasteiger partial charge in [0, 0.05) is 12.7 Å². The van der Waals surface area contributed by atoms with Crippen LogP contribution in [0.15, 0.2) is 18.3 Å². The molecular weight excluding hydrogens is 242 g/mol. The molecule has 0 radical (unpaired) electrons. The lowest BCUT2D eigenvalue weighted by molar-refractivity contribution is 0.0581. The Hall–Kier alpha value is -1.93. The summed E-state index contributed by atoms with van der Waals surface area (Å²) in [6.45, 7) is 1.02. The second-order valence-electron chi connectivity index (χ2n) is 4.58. The second-order valence-corrected chi connectivity index (χ2v) is 4.58. The zero-order chi connectivity index (χ0) is 13.5. The predicted octanol–water partition coefficient (Wildman–Crippen LogP) is 1.64. The summed E-state index contributed by atoms with van der Waals surface area (Å²) in [5.41, 5.74) is 0.765. The molecule has 2 rings (SSSR count). The molecule has 19 heavy (non-hydrogen) atoms. The van der Waals surface area contributed by atoms with Crippen LogP contribution in [0.2, 0.25) is 0 Å². The van der Waals surface area contributed by atoms with E-state index in [2.05, 4.69) is 10.3 Å². The van der Waals surface area contributed by atoms with Crippen molar-refractivity contribution in [1.29, 1.82) is 5.26 Å². The average molecular weight is 259 g/mol. The van der Waals surface area contributed by atoms with E-state index in [4.69, 9.17) is 10.00 Å². The molecule has 1 saturated carbocycles. The van der Waals surface area contributed by atoms with E-state index in [1.807, 2.05) is 6.07 Å². The number of hydrogen-bond donors (Lipinski definition) is 1. The van der Waals surface area contributed by atoms with Crippen molar-refractivity contribution in [3.8, 4) is 6.07 Å². The smallest absolute Gasteiger partial charge is 0.269 e. The number of ether oxygens (including phenoxy) is 1. The molecule has 100 valence electrons. The summed E-state index contributed by atoms with van der Waals surface area (Å²) >= 11 is 0. The summed E-state index contributed by atoms with van der Waals surface area (Å²) in [6.07, 6.45) is 6.50. The van der Waals surface area contributed by atoms with Crippen LogP contribution < -0.4 is 5.32 Å². The van der Waals surface area contributed by atoms with E-state index in [1.165, 1.54) is 19.0 Å². The van der Waals surface area contributed by atoms with Crippen LogP contribution in [-0.2, 0) is 4.74 Å². The summed E-state index contributed by atoms with van der Waals surface area (Å²) in [5.74, 6) is -0.237. The van der Waals surface area contributed by atoms with E-state index in [-0.39, 0.29) is 5.91 Å². The lowest BCUT2D eigenvalue weighted by atomic mass is 10.2. The minimum Gasteiger partial charge on any atom is -0.376 e. The van der Waals surface area contributed by atoms with Crippen molar-refractivity contribution in [1.82, 2.24) is 10.3 Å². The van der Waals surface area contributed by atoms with Gasteiger partial charge in [-0.3, -0.25) is 4.79 Å². The zero-order valence-electron chi connectivity index (χ0n) is 10.8. The van der Waals surface area contributed by atoms with E-state index in [1.54, 1.807) is 12.1 Å². The fourth-order valence-corrected chi connectivity index (χ4v) is 2.13. The van der Waals surface area contributed by atoms with Crippen molar-refractivity contribution >= 4 is 5.91 Å². The van der Waals surface area contributed by atoms with Gasteiger partial charge in [0.15, 0.2) is 0 Å². The van der Waals surface area contributed by atoms with Crippen LogP contribution in [0.25, 0.3) is 0 Å². The molecule has 0 atom stereocenters. The van der Waals surface area contributed by atoms with Crippen molar-refractivity contribution in [2.24, 2.45) is 0 Å². The molecule has 1 amide bonds. The largest absolute Gasteiger partial charge is 0.376 e. The van der Waals surface area contributed by atoms with Crippen LogP contribution >= 0.6 is 0 Å². The quantitative estimate of drug-likeness (QED) is 0.816. The third-order valence-corrected chi connectivity index (χ3v) is 3.17. The van der Waals surface area contributed by atoms with Gasteiger partial charge in [0.2, 0.25) is 0 Å². The van der Waals surface area contributed by atoms with Gasteiger partial charge < -0.3 is 10.1 Å². The second kappa shape index (κ2) is 6.86. The molecule has 1 N–H and O–H groups in total. The molecule has 0 bridgehead atoms. The number of carbonyl (C=O) groups excluding carboxylic acids is 1. The Kier molecular flexibility index (Phi) is 4.87. The molecule has 1 aliphatic carbocycles. The summed E-state index contributed by atoms with van der Waals surface area (Å²) < 4.78 is 5.65. The number of hydrogen-bond acceptors (Lipinski definition) is 4. The molecule has 0 aliphatic heterocycles. The number of amides is 1. The van der Waals surface area contributed by atoms with E-state index in [9.17, 15) is 4.79 Å². The monoisotopic (exact) mass is 259 g/mol. The number of aromatic nitrogens is 1. The SMILES string of the molecule is N#Cc1ccc(C(=O)NCCOC2CCCC2)nc1. The lowest BCUT2D eigenvalue weighted by Gasteiger charge is -2.11. The maximum atomic E-state index is 11.7. The molecule has 0 spiro atoms. The molecule has 5 heteroatoms. The van der Waals surface area contributed by atoms with E-state index >= 15 is 0 Å². The normalized spacial score (nSPS) is 15.1. The summed E-state index contributed by atoms with van der Waals surface area (Å²) in [5, 5.41) is 11.4. The van der Waals surface area contributed by atoms with Gasteiger partial charge in [0.05, 0.1) is 18.3 Å². The molecule has 1 fully saturated rings. The zero-order valence-corrected chi connectivity index (χ0v) is 10.8.